The van der Waals surface area contributed by atoms with Crippen molar-refractivity contribution in [1.82, 2.24) is 20.2 Å². The number of hydrogen-bond donors (Lipinski definition) is 2. The summed E-state index contributed by atoms with van der Waals surface area (Å²) >= 11 is 1.64. The molecule has 0 saturated carbocycles. The third kappa shape index (κ3) is 4.93. The second-order valence-corrected chi connectivity index (χ2v) is 7.06. The zero-order valence-corrected chi connectivity index (χ0v) is 18.6. The Labute approximate surface area is 184 Å². The summed E-state index contributed by atoms with van der Waals surface area (Å²) in [7, 11) is 1.76. The van der Waals surface area contributed by atoms with Gasteiger partial charge < -0.3 is 19.6 Å². The maximum Gasteiger partial charge on any atom is 0.191 e. The normalized spacial score (nSPS) is 11.4. The minimum atomic E-state index is 0. The van der Waals surface area contributed by atoms with Crippen molar-refractivity contribution >= 4 is 51.5 Å². The molecule has 0 fully saturated rings. The first-order chi connectivity index (χ1) is 13.3. The largest absolute Gasteiger partial charge is 0.457 e. The summed E-state index contributed by atoms with van der Waals surface area (Å²) in [5.74, 6) is 2.39. The van der Waals surface area contributed by atoms with E-state index >= 15 is 0 Å². The van der Waals surface area contributed by atoms with Gasteiger partial charge in [-0.15, -0.1) is 35.3 Å². The highest BCUT2D eigenvalue weighted by atomic mass is 127. The molecule has 2 N–H and O–H groups in total. The maximum absolute atomic E-state index is 5.96. The summed E-state index contributed by atoms with van der Waals surface area (Å²) in [4.78, 5) is 8.89. The third-order valence-corrected chi connectivity index (χ3v) is 5.20. The van der Waals surface area contributed by atoms with Crippen molar-refractivity contribution < 1.29 is 4.42 Å². The quantitative estimate of drug-likeness (QED) is 0.232. The van der Waals surface area contributed by atoms with Crippen LogP contribution in [0, 0.1) is 0 Å². The molecule has 0 atom stereocenters. The first kappa shape index (κ1) is 20.4. The van der Waals surface area contributed by atoms with E-state index in [1.807, 2.05) is 54.9 Å². The van der Waals surface area contributed by atoms with Crippen LogP contribution in [-0.4, -0.2) is 29.1 Å². The fraction of sp³-hybridized carbons (Fsp3) is 0.200. The lowest BCUT2D eigenvalue weighted by atomic mass is 10.3. The molecule has 0 aliphatic heterocycles. The summed E-state index contributed by atoms with van der Waals surface area (Å²) in [6.07, 6.45) is 4.09. The third-order valence-electron chi connectivity index (χ3n) is 4.15. The smallest absolute Gasteiger partial charge is 0.191 e. The number of aliphatic imine (C=N–C) groups is 1. The van der Waals surface area contributed by atoms with Crippen LogP contribution < -0.4 is 10.6 Å². The topological polar surface area (TPSA) is 67.4 Å². The molecule has 0 radical (unpaired) electrons. The number of nitrogens with one attached hydrogen (secondary N) is 2. The fourth-order valence-corrected chi connectivity index (χ4v) is 3.71. The van der Waals surface area contributed by atoms with E-state index < -0.39 is 0 Å². The molecule has 0 bridgehead atoms. The van der Waals surface area contributed by atoms with Crippen LogP contribution in [0.4, 0.5) is 0 Å². The van der Waals surface area contributed by atoms with Gasteiger partial charge in [-0.1, -0.05) is 12.1 Å². The Morgan fingerprint density at radius 3 is 2.71 bits per heavy atom. The van der Waals surface area contributed by atoms with Crippen molar-refractivity contribution in [2.24, 2.45) is 4.99 Å². The molecule has 146 valence electrons. The number of benzene rings is 1. The van der Waals surface area contributed by atoms with Crippen LogP contribution in [0.3, 0.4) is 0 Å². The highest BCUT2D eigenvalue weighted by Crippen LogP contribution is 2.30. The Hall–Kier alpha value is -2.33. The van der Waals surface area contributed by atoms with Crippen molar-refractivity contribution in [3.8, 4) is 10.8 Å². The van der Waals surface area contributed by atoms with Gasteiger partial charge in [-0.2, -0.15) is 0 Å². The van der Waals surface area contributed by atoms with Crippen molar-refractivity contribution in [2.75, 3.05) is 13.6 Å². The lowest BCUT2D eigenvalue weighted by molar-refractivity contribution is 0.513. The Kier molecular flexibility index (Phi) is 7.10. The summed E-state index contributed by atoms with van der Waals surface area (Å²) < 4.78 is 9.24. The zero-order valence-electron chi connectivity index (χ0n) is 15.5. The van der Waals surface area contributed by atoms with Gasteiger partial charge in [-0.3, -0.25) is 4.99 Å². The van der Waals surface area contributed by atoms with Crippen LogP contribution >= 0.6 is 35.3 Å². The predicted molar refractivity (Wildman–Crippen MR) is 125 cm³/mol. The van der Waals surface area contributed by atoms with E-state index in [2.05, 4.69) is 31.2 Å². The summed E-state index contributed by atoms with van der Waals surface area (Å²) in [5.41, 5.74) is 1.00. The van der Waals surface area contributed by atoms with Crippen LogP contribution in [0.2, 0.25) is 0 Å². The van der Waals surface area contributed by atoms with Gasteiger partial charge in [0.1, 0.15) is 5.76 Å². The summed E-state index contributed by atoms with van der Waals surface area (Å²) in [6.45, 7) is 2.24. The highest BCUT2D eigenvalue weighted by Gasteiger charge is 2.10. The minimum absolute atomic E-state index is 0. The molecular formula is C20H22IN5OS. The van der Waals surface area contributed by atoms with Crippen LogP contribution in [0.5, 0.6) is 0 Å². The second-order valence-electron chi connectivity index (χ2n) is 6.03. The molecule has 4 rings (SSSR count). The Bertz CT molecular complexity index is 1000. The number of halogens is 1. The number of para-hydroxylation sites is 1. The van der Waals surface area contributed by atoms with Gasteiger partial charge in [-0.25, -0.2) is 4.98 Å². The van der Waals surface area contributed by atoms with E-state index in [9.17, 15) is 0 Å². The first-order valence-electron chi connectivity index (χ1n) is 8.82. The molecule has 4 aromatic rings. The van der Waals surface area contributed by atoms with Crippen molar-refractivity contribution in [3.05, 3.63) is 66.7 Å². The zero-order chi connectivity index (χ0) is 18.5. The molecule has 28 heavy (non-hydrogen) atoms. The molecule has 3 aromatic heterocycles. The Morgan fingerprint density at radius 2 is 1.93 bits per heavy atom. The van der Waals surface area contributed by atoms with Gasteiger partial charge in [0.15, 0.2) is 16.7 Å². The summed E-state index contributed by atoms with van der Waals surface area (Å²) in [5, 5.41) is 7.48. The van der Waals surface area contributed by atoms with Crippen molar-refractivity contribution in [3.63, 3.8) is 0 Å². The predicted octanol–water partition coefficient (Wildman–Crippen LogP) is 4.34. The molecule has 1 aromatic carbocycles. The second kappa shape index (κ2) is 9.74. The van der Waals surface area contributed by atoms with Crippen LogP contribution in [0.25, 0.3) is 21.0 Å². The maximum atomic E-state index is 5.96. The van der Waals surface area contributed by atoms with E-state index in [4.69, 9.17) is 4.42 Å². The van der Waals surface area contributed by atoms with Gasteiger partial charge in [-0.05, 0) is 36.4 Å². The molecule has 0 saturated heterocycles. The van der Waals surface area contributed by atoms with E-state index in [0.717, 1.165) is 45.8 Å². The number of thiazole rings is 1. The van der Waals surface area contributed by atoms with Gasteiger partial charge >= 0.3 is 0 Å². The van der Waals surface area contributed by atoms with Crippen molar-refractivity contribution in [2.45, 2.75) is 13.1 Å². The number of guanidine groups is 1. The van der Waals surface area contributed by atoms with E-state index in [1.54, 1.807) is 18.4 Å². The SMILES string of the molecule is CN=C(NCCn1cccc1)NCc1ccc(-c2nc3ccccc3s2)o1.I. The molecule has 0 amide bonds. The lowest BCUT2D eigenvalue weighted by Gasteiger charge is -2.11. The molecule has 8 heteroatoms. The summed E-state index contributed by atoms with van der Waals surface area (Å²) in [6, 6.07) is 16.1. The molecule has 0 unspecified atom stereocenters. The molecule has 0 aliphatic rings. The van der Waals surface area contributed by atoms with Crippen LogP contribution in [-0.2, 0) is 13.1 Å². The van der Waals surface area contributed by atoms with Gasteiger partial charge in [0, 0.05) is 32.5 Å². The average molecular weight is 507 g/mol. The molecule has 6 nitrogen and oxygen atoms in total. The van der Waals surface area contributed by atoms with E-state index in [-0.39, 0.29) is 24.0 Å². The van der Waals surface area contributed by atoms with Gasteiger partial charge in [0.25, 0.3) is 0 Å². The molecular weight excluding hydrogens is 485 g/mol. The number of hydrogen-bond acceptors (Lipinski definition) is 4. The fourth-order valence-electron chi connectivity index (χ4n) is 2.78. The monoisotopic (exact) mass is 507 g/mol. The van der Waals surface area contributed by atoms with Gasteiger partial charge in [0.2, 0.25) is 0 Å². The highest BCUT2D eigenvalue weighted by molar-refractivity contribution is 14.0. The number of furan rings is 1. The average Bonchev–Trinajstić information content (AvgIpc) is 3.44. The van der Waals surface area contributed by atoms with Crippen LogP contribution in [0.1, 0.15) is 5.76 Å². The van der Waals surface area contributed by atoms with Crippen LogP contribution in [0.15, 0.2) is 70.3 Å². The lowest BCUT2D eigenvalue weighted by Crippen LogP contribution is -2.38. The van der Waals surface area contributed by atoms with E-state index in [0.29, 0.717) is 6.54 Å². The first-order valence-corrected chi connectivity index (χ1v) is 9.63. The van der Waals surface area contributed by atoms with E-state index in [1.165, 1.54) is 0 Å². The number of rotatable bonds is 6. The molecule has 3 heterocycles. The molecule has 0 aliphatic carbocycles. The Balaban J connectivity index is 0.00000225. The molecule has 0 spiro atoms. The minimum Gasteiger partial charge on any atom is -0.457 e. The Morgan fingerprint density at radius 1 is 1.11 bits per heavy atom. The standard InChI is InChI=1S/C20H21N5OS.HI/c1-21-20(22-10-13-25-11-4-5-12-25)23-14-15-8-9-17(26-15)19-24-16-6-2-3-7-18(16)27-19;/h2-9,11-12H,10,13-14H2,1H3,(H2,21,22,23);1H. The van der Waals surface area contributed by atoms with Crippen molar-refractivity contribution in [1.29, 1.82) is 0 Å². The number of fused-ring (bicyclic) bond motifs is 1. The number of aromatic nitrogens is 2. The number of nitrogens with zero attached hydrogens (tertiary/aromatic N) is 3. The van der Waals surface area contributed by atoms with Gasteiger partial charge in [0.05, 0.1) is 16.8 Å².